The zero-order chi connectivity index (χ0) is 21.3. The molecule has 1 fully saturated rings. The maximum absolute atomic E-state index is 13.3. The minimum Gasteiger partial charge on any atom is -0.495 e. The molecule has 0 amide bonds. The van der Waals surface area contributed by atoms with Crippen LogP contribution in [0.2, 0.25) is 5.02 Å². The first kappa shape index (κ1) is 20.8. The van der Waals surface area contributed by atoms with Crippen molar-refractivity contribution >= 4 is 21.6 Å². The normalized spacial score (nSPS) is 17.8. The molecule has 3 aromatic rings. The maximum Gasteiger partial charge on any atom is 0.247 e. The maximum atomic E-state index is 13.3. The van der Waals surface area contributed by atoms with Crippen LogP contribution in [0.15, 0.2) is 51.8 Å². The van der Waals surface area contributed by atoms with E-state index in [1.54, 1.807) is 12.1 Å². The first-order valence-electron chi connectivity index (χ1n) is 9.62. The summed E-state index contributed by atoms with van der Waals surface area (Å²) in [5.74, 6) is 0.969. The van der Waals surface area contributed by atoms with E-state index < -0.39 is 10.0 Å². The molecule has 1 aromatic heterocycles. The van der Waals surface area contributed by atoms with Crippen molar-refractivity contribution < 1.29 is 17.6 Å². The highest BCUT2D eigenvalue weighted by molar-refractivity contribution is 7.89. The lowest BCUT2D eigenvalue weighted by Crippen LogP contribution is -2.39. The van der Waals surface area contributed by atoms with Crippen molar-refractivity contribution in [3.63, 3.8) is 0 Å². The third kappa shape index (κ3) is 4.08. The van der Waals surface area contributed by atoms with Crippen LogP contribution < -0.4 is 4.74 Å². The Labute approximate surface area is 180 Å². The van der Waals surface area contributed by atoms with E-state index >= 15 is 0 Å². The summed E-state index contributed by atoms with van der Waals surface area (Å²) in [5, 5.41) is 8.68. The number of hydrogen-bond donors (Lipinski definition) is 0. The number of halogens is 1. The molecule has 2 aromatic carbocycles. The van der Waals surface area contributed by atoms with Crippen LogP contribution in [0.3, 0.4) is 0 Å². The number of nitrogens with zero attached hydrogens (tertiary/aromatic N) is 3. The van der Waals surface area contributed by atoms with Crippen molar-refractivity contribution in [2.75, 3.05) is 20.2 Å². The number of rotatable bonds is 5. The van der Waals surface area contributed by atoms with E-state index in [0.29, 0.717) is 29.8 Å². The van der Waals surface area contributed by atoms with Crippen molar-refractivity contribution in [2.24, 2.45) is 0 Å². The predicted molar refractivity (Wildman–Crippen MR) is 113 cm³/mol. The number of aryl methyl sites for hydroxylation is 1. The Morgan fingerprint density at radius 3 is 2.67 bits per heavy atom. The highest BCUT2D eigenvalue weighted by atomic mass is 35.5. The van der Waals surface area contributed by atoms with Gasteiger partial charge in [-0.1, -0.05) is 29.3 Å². The van der Waals surface area contributed by atoms with Crippen LogP contribution in [0.4, 0.5) is 0 Å². The molecule has 1 aliphatic heterocycles. The van der Waals surface area contributed by atoms with Crippen molar-refractivity contribution in [2.45, 2.75) is 30.6 Å². The Morgan fingerprint density at radius 2 is 1.93 bits per heavy atom. The average molecular weight is 448 g/mol. The van der Waals surface area contributed by atoms with Crippen LogP contribution >= 0.6 is 11.6 Å². The molecule has 7 nitrogen and oxygen atoms in total. The predicted octanol–water partition coefficient (Wildman–Crippen LogP) is 4.28. The average Bonchev–Trinajstić information content (AvgIpc) is 3.24. The molecule has 0 radical (unpaired) electrons. The molecule has 0 aliphatic carbocycles. The molecule has 0 N–H and O–H groups in total. The zero-order valence-electron chi connectivity index (χ0n) is 16.7. The van der Waals surface area contributed by atoms with E-state index in [-0.39, 0.29) is 23.1 Å². The lowest BCUT2D eigenvalue weighted by Gasteiger charge is -2.30. The molecule has 2 heterocycles. The van der Waals surface area contributed by atoms with E-state index in [2.05, 4.69) is 10.2 Å². The standard InChI is InChI=1S/C21H22ClN3O4S/c1-14-5-7-15(8-6-14)20-23-24-21(29-20)16-4-3-11-25(13-16)30(26,27)19-12-17(22)9-10-18(19)28-2/h5-10,12,16H,3-4,11,13H2,1-2H3. The van der Waals surface area contributed by atoms with Gasteiger partial charge in [-0.15, -0.1) is 10.2 Å². The van der Waals surface area contributed by atoms with Gasteiger partial charge in [0.15, 0.2) is 0 Å². The summed E-state index contributed by atoms with van der Waals surface area (Å²) in [5.41, 5.74) is 1.98. The molecule has 1 unspecified atom stereocenters. The van der Waals surface area contributed by atoms with Gasteiger partial charge in [-0.2, -0.15) is 4.31 Å². The Bertz CT molecular complexity index is 1150. The third-order valence-electron chi connectivity index (χ3n) is 5.22. The molecule has 1 aliphatic rings. The topological polar surface area (TPSA) is 85.5 Å². The second-order valence-electron chi connectivity index (χ2n) is 7.31. The molecule has 1 atom stereocenters. The molecule has 4 rings (SSSR count). The largest absolute Gasteiger partial charge is 0.495 e. The van der Waals surface area contributed by atoms with E-state index in [9.17, 15) is 8.42 Å². The summed E-state index contributed by atoms with van der Waals surface area (Å²) in [6, 6.07) is 12.4. The summed E-state index contributed by atoms with van der Waals surface area (Å²) >= 11 is 6.04. The third-order valence-corrected chi connectivity index (χ3v) is 7.34. The SMILES string of the molecule is COc1ccc(Cl)cc1S(=O)(=O)N1CCCC(c2nnc(-c3ccc(C)cc3)o2)C1. The molecule has 0 spiro atoms. The number of ether oxygens (including phenoxy) is 1. The Hall–Kier alpha value is -2.42. The molecule has 158 valence electrons. The fraction of sp³-hybridized carbons (Fsp3) is 0.333. The van der Waals surface area contributed by atoms with E-state index in [1.165, 1.54) is 17.5 Å². The summed E-state index contributed by atoms with van der Waals surface area (Å²) in [6.45, 7) is 2.68. The first-order valence-corrected chi connectivity index (χ1v) is 11.4. The van der Waals surface area contributed by atoms with Crippen LogP contribution in [-0.2, 0) is 10.0 Å². The Kier molecular flexibility index (Phi) is 5.81. The lowest BCUT2D eigenvalue weighted by atomic mass is 10.00. The second kappa shape index (κ2) is 8.37. The van der Waals surface area contributed by atoms with Gasteiger partial charge >= 0.3 is 0 Å². The van der Waals surface area contributed by atoms with Gasteiger partial charge < -0.3 is 9.15 Å². The monoisotopic (exact) mass is 447 g/mol. The molecule has 9 heteroatoms. The molecule has 1 saturated heterocycles. The Morgan fingerprint density at radius 1 is 1.17 bits per heavy atom. The quantitative estimate of drug-likeness (QED) is 0.580. The van der Waals surface area contributed by atoms with Crippen LogP contribution in [0.5, 0.6) is 5.75 Å². The summed E-state index contributed by atoms with van der Waals surface area (Å²) in [6.07, 6.45) is 1.46. The fourth-order valence-corrected chi connectivity index (χ4v) is 5.51. The number of sulfonamides is 1. The Balaban J connectivity index is 1.58. The van der Waals surface area contributed by atoms with Crippen molar-refractivity contribution in [3.05, 3.63) is 58.9 Å². The number of aromatic nitrogens is 2. The number of piperidine rings is 1. The van der Waals surface area contributed by atoms with Crippen molar-refractivity contribution in [3.8, 4) is 17.2 Å². The zero-order valence-corrected chi connectivity index (χ0v) is 18.3. The second-order valence-corrected chi connectivity index (χ2v) is 9.65. The van der Waals surface area contributed by atoms with Gasteiger partial charge in [-0.3, -0.25) is 0 Å². The minimum absolute atomic E-state index is 0.0593. The highest BCUT2D eigenvalue weighted by Crippen LogP contribution is 2.34. The molecular weight excluding hydrogens is 426 g/mol. The molecule has 30 heavy (non-hydrogen) atoms. The van der Waals surface area contributed by atoms with Crippen LogP contribution in [-0.4, -0.2) is 43.1 Å². The van der Waals surface area contributed by atoms with E-state index in [1.807, 2.05) is 31.2 Å². The summed E-state index contributed by atoms with van der Waals surface area (Å²) in [4.78, 5) is 0.0593. The van der Waals surface area contributed by atoms with E-state index in [4.69, 9.17) is 20.8 Å². The van der Waals surface area contributed by atoms with Gasteiger partial charge in [0.05, 0.1) is 13.0 Å². The fourth-order valence-electron chi connectivity index (χ4n) is 3.57. The summed E-state index contributed by atoms with van der Waals surface area (Å²) in [7, 11) is -2.35. The van der Waals surface area contributed by atoms with Crippen molar-refractivity contribution in [1.29, 1.82) is 0 Å². The number of methoxy groups -OCH3 is 1. The van der Waals surface area contributed by atoms with Crippen LogP contribution in [0.25, 0.3) is 11.5 Å². The number of hydrogen-bond acceptors (Lipinski definition) is 6. The molecule has 0 saturated carbocycles. The van der Waals surface area contributed by atoms with Crippen LogP contribution in [0, 0.1) is 6.92 Å². The van der Waals surface area contributed by atoms with Gasteiger partial charge in [-0.05, 0) is 50.1 Å². The van der Waals surface area contributed by atoms with Crippen LogP contribution in [0.1, 0.15) is 30.2 Å². The van der Waals surface area contributed by atoms with Gasteiger partial charge in [0, 0.05) is 23.7 Å². The highest BCUT2D eigenvalue weighted by Gasteiger charge is 2.35. The van der Waals surface area contributed by atoms with Gasteiger partial charge in [0.25, 0.3) is 0 Å². The minimum atomic E-state index is -3.78. The van der Waals surface area contributed by atoms with Gasteiger partial charge in [-0.25, -0.2) is 8.42 Å². The number of benzene rings is 2. The van der Waals surface area contributed by atoms with E-state index in [0.717, 1.165) is 17.5 Å². The summed E-state index contributed by atoms with van der Waals surface area (Å²) < 4.78 is 39.1. The smallest absolute Gasteiger partial charge is 0.247 e. The lowest BCUT2D eigenvalue weighted by molar-refractivity contribution is 0.285. The van der Waals surface area contributed by atoms with Gasteiger partial charge in [0.1, 0.15) is 10.6 Å². The van der Waals surface area contributed by atoms with Crippen molar-refractivity contribution in [1.82, 2.24) is 14.5 Å². The molecular formula is C21H22ClN3O4S. The molecule has 0 bridgehead atoms. The van der Waals surface area contributed by atoms with Gasteiger partial charge in [0.2, 0.25) is 21.8 Å². The first-order chi connectivity index (χ1) is 14.4.